The number of aromatic nitrogens is 2. The summed E-state index contributed by atoms with van der Waals surface area (Å²) in [5, 5.41) is 3.33. The van der Waals surface area contributed by atoms with Crippen LogP contribution in [0.15, 0.2) is 6.33 Å². The minimum Gasteiger partial charge on any atom is -0.476 e. The highest BCUT2D eigenvalue weighted by Crippen LogP contribution is 2.25. The molecule has 0 aromatic carbocycles. The fourth-order valence-corrected chi connectivity index (χ4v) is 1.96. The topological polar surface area (TPSA) is 76.3 Å². The number of likely N-dealkylation sites (N-methyl/N-ethyl adjacent to an activating group) is 1. The summed E-state index contributed by atoms with van der Waals surface area (Å²) in [6.45, 7) is 12.1. The molecule has 1 aromatic rings. The quantitative estimate of drug-likeness (QED) is 0.721. The third kappa shape index (κ3) is 4.85. The molecule has 6 heteroatoms. The molecule has 3 N–H and O–H groups in total. The number of hydrogen-bond acceptors (Lipinski definition) is 6. The Balaban J connectivity index is 2.67. The second-order valence-corrected chi connectivity index (χ2v) is 4.82. The zero-order valence-corrected chi connectivity index (χ0v) is 13.0. The molecule has 0 aliphatic rings. The van der Waals surface area contributed by atoms with Crippen LogP contribution in [-0.2, 0) is 0 Å². The SMILES string of the molecule is CCCOc1ncnc(NC(C)CN(CC)CC)c1N. The van der Waals surface area contributed by atoms with E-state index in [1.165, 1.54) is 6.33 Å². The molecule has 1 atom stereocenters. The van der Waals surface area contributed by atoms with Crippen molar-refractivity contribution >= 4 is 11.5 Å². The van der Waals surface area contributed by atoms with Crippen LogP contribution in [0.4, 0.5) is 11.5 Å². The van der Waals surface area contributed by atoms with Crippen LogP contribution >= 0.6 is 0 Å². The van der Waals surface area contributed by atoms with Crippen molar-refractivity contribution in [3.05, 3.63) is 6.33 Å². The first kappa shape index (κ1) is 16.5. The van der Waals surface area contributed by atoms with Gasteiger partial charge in [-0.3, -0.25) is 0 Å². The normalized spacial score (nSPS) is 12.4. The third-order valence-electron chi connectivity index (χ3n) is 3.10. The van der Waals surface area contributed by atoms with Gasteiger partial charge in [0, 0.05) is 12.6 Å². The number of nitrogens with one attached hydrogen (secondary N) is 1. The fourth-order valence-electron chi connectivity index (χ4n) is 1.96. The van der Waals surface area contributed by atoms with E-state index in [0.717, 1.165) is 26.1 Å². The molecule has 1 rings (SSSR count). The molecular weight excluding hydrogens is 254 g/mol. The van der Waals surface area contributed by atoms with Crippen molar-refractivity contribution in [2.75, 3.05) is 37.3 Å². The first-order valence-electron chi connectivity index (χ1n) is 7.34. The molecule has 0 aliphatic heterocycles. The predicted molar refractivity (Wildman–Crippen MR) is 83.1 cm³/mol. The van der Waals surface area contributed by atoms with Crippen molar-refractivity contribution in [2.45, 2.75) is 40.2 Å². The molecule has 1 unspecified atom stereocenters. The molecule has 6 nitrogen and oxygen atoms in total. The van der Waals surface area contributed by atoms with Gasteiger partial charge in [0.15, 0.2) is 5.82 Å². The van der Waals surface area contributed by atoms with E-state index < -0.39 is 0 Å². The smallest absolute Gasteiger partial charge is 0.242 e. The van der Waals surface area contributed by atoms with Crippen LogP contribution in [-0.4, -0.2) is 47.2 Å². The Labute approximate surface area is 121 Å². The van der Waals surface area contributed by atoms with E-state index in [0.29, 0.717) is 24.0 Å². The summed E-state index contributed by atoms with van der Waals surface area (Å²) in [6, 6.07) is 0.256. The Morgan fingerprint density at radius 2 is 2.00 bits per heavy atom. The lowest BCUT2D eigenvalue weighted by molar-refractivity contribution is 0.294. The number of nitrogens with two attached hydrogens (primary N) is 1. The molecular formula is C14H27N5O. The minimum atomic E-state index is 0.256. The van der Waals surface area contributed by atoms with Gasteiger partial charge in [0.1, 0.15) is 12.0 Å². The summed E-state index contributed by atoms with van der Waals surface area (Å²) in [6.07, 6.45) is 2.40. The van der Waals surface area contributed by atoms with Crippen molar-refractivity contribution in [1.82, 2.24) is 14.9 Å². The zero-order valence-electron chi connectivity index (χ0n) is 13.0. The van der Waals surface area contributed by atoms with Gasteiger partial charge >= 0.3 is 0 Å². The standard InChI is InChI=1S/C14H27N5O/c1-5-8-20-14-12(15)13(16-10-17-14)18-11(4)9-19(6-2)7-3/h10-11H,5-9,15H2,1-4H3,(H,16,17,18). The molecule has 0 aliphatic carbocycles. The van der Waals surface area contributed by atoms with Crippen LogP contribution in [0.2, 0.25) is 0 Å². The van der Waals surface area contributed by atoms with Crippen molar-refractivity contribution in [2.24, 2.45) is 0 Å². The Kier molecular flexibility index (Phi) is 7.08. The molecule has 0 radical (unpaired) electrons. The summed E-state index contributed by atoms with van der Waals surface area (Å²) in [4.78, 5) is 10.6. The van der Waals surface area contributed by atoms with E-state index in [9.17, 15) is 0 Å². The van der Waals surface area contributed by atoms with Crippen LogP contribution in [0.5, 0.6) is 5.88 Å². The summed E-state index contributed by atoms with van der Waals surface area (Å²) < 4.78 is 5.51. The average molecular weight is 281 g/mol. The molecule has 0 fully saturated rings. The zero-order chi connectivity index (χ0) is 15.0. The second-order valence-electron chi connectivity index (χ2n) is 4.82. The predicted octanol–water partition coefficient (Wildman–Crippen LogP) is 1.99. The van der Waals surface area contributed by atoms with Gasteiger partial charge in [0.2, 0.25) is 5.88 Å². The highest BCUT2D eigenvalue weighted by Gasteiger charge is 2.13. The first-order chi connectivity index (χ1) is 9.62. The second kappa shape index (κ2) is 8.58. The molecule has 0 spiro atoms. The van der Waals surface area contributed by atoms with Crippen molar-refractivity contribution in [3.63, 3.8) is 0 Å². The molecule has 1 aromatic heterocycles. The van der Waals surface area contributed by atoms with E-state index in [-0.39, 0.29) is 6.04 Å². The van der Waals surface area contributed by atoms with Crippen molar-refractivity contribution < 1.29 is 4.74 Å². The van der Waals surface area contributed by atoms with Crippen LogP contribution in [0.3, 0.4) is 0 Å². The Morgan fingerprint density at radius 1 is 1.30 bits per heavy atom. The summed E-state index contributed by atoms with van der Waals surface area (Å²) in [5.41, 5.74) is 6.52. The highest BCUT2D eigenvalue weighted by atomic mass is 16.5. The molecule has 114 valence electrons. The van der Waals surface area contributed by atoms with E-state index in [1.54, 1.807) is 0 Å². The van der Waals surface area contributed by atoms with Crippen LogP contribution < -0.4 is 15.8 Å². The van der Waals surface area contributed by atoms with Gasteiger partial charge in [0.05, 0.1) is 6.61 Å². The highest BCUT2D eigenvalue weighted by molar-refractivity contribution is 5.66. The summed E-state index contributed by atoms with van der Waals surface area (Å²) in [7, 11) is 0. The summed E-state index contributed by atoms with van der Waals surface area (Å²) in [5.74, 6) is 1.10. The van der Waals surface area contributed by atoms with Crippen LogP contribution in [0.1, 0.15) is 34.1 Å². The third-order valence-corrected chi connectivity index (χ3v) is 3.10. The molecule has 0 saturated carbocycles. The van der Waals surface area contributed by atoms with Gasteiger partial charge in [-0.1, -0.05) is 20.8 Å². The van der Waals surface area contributed by atoms with E-state index in [2.05, 4.69) is 41.0 Å². The van der Waals surface area contributed by atoms with E-state index in [4.69, 9.17) is 10.5 Å². The fraction of sp³-hybridized carbons (Fsp3) is 0.714. The van der Waals surface area contributed by atoms with E-state index in [1.807, 2.05) is 6.92 Å². The largest absolute Gasteiger partial charge is 0.476 e. The number of hydrogen-bond donors (Lipinski definition) is 2. The number of nitrogens with zero attached hydrogens (tertiary/aromatic N) is 3. The van der Waals surface area contributed by atoms with Crippen molar-refractivity contribution in [3.8, 4) is 5.88 Å². The number of nitrogen functional groups attached to an aromatic ring is 1. The molecule has 1 heterocycles. The van der Waals surface area contributed by atoms with Crippen LogP contribution in [0, 0.1) is 0 Å². The lowest BCUT2D eigenvalue weighted by Crippen LogP contribution is -2.35. The van der Waals surface area contributed by atoms with Gasteiger partial charge in [-0.05, 0) is 26.4 Å². The maximum absolute atomic E-state index is 6.04. The first-order valence-corrected chi connectivity index (χ1v) is 7.34. The molecule has 0 amide bonds. The minimum absolute atomic E-state index is 0.256. The average Bonchev–Trinajstić information content (AvgIpc) is 2.45. The Hall–Kier alpha value is -1.56. The van der Waals surface area contributed by atoms with Crippen molar-refractivity contribution in [1.29, 1.82) is 0 Å². The summed E-state index contributed by atoms with van der Waals surface area (Å²) >= 11 is 0. The Morgan fingerprint density at radius 3 is 2.60 bits per heavy atom. The molecule has 20 heavy (non-hydrogen) atoms. The lowest BCUT2D eigenvalue weighted by atomic mass is 10.3. The Bertz CT molecular complexity index is 395. The van der Waals surface area contributed by atoms with Gasteiger partial charge in [-0.15, -0.1) is 0 Å². The van der Waals surface area contributed by atoms with E-state index >= 15 is 0 Å². The number of rotatable bonds is 9. The lowest BCUT2D eigenvalue weighted by Gasteiger charge is -2.24. The van der Waals surface area contributed by atoms with Gasteiger partial charge < -0.3 is 20.7 Å². The van der Waals surface area contributed by atoms with Gasteiger partial charge in [-0.2, -0.15) is 4.98 Å². The number of anilines is 2. The van der Waals surface area contributed by atoms with Gasteiger partial charge in [-0.25, -0.2) is 4.98 Å². The van der Waals surface area contributed by atoms with Crippen LogP contribution in [0.25, 0.3) is 0 Å². The monoisotopic (exact) mass is 281 g/mol. The maximum atomic E-state index is 6.04. The number of ether oxygens (including phenoxy) is 1. The molecule has 0 saturated heterocycles. The molecule has 0 bridgehead atoms. The van der Waals surface area contributed by atoms with Gasteiger partial charge in [0.25, 0.3) is 0 Å². The maximum Gasteiger partial charge on any atom is 0.242 e.